The molecule has 1 fully saturated rings. The van der Waals surface area contributed by atoms with Crippen LogP contribution < -0.4 is 10.1 Å². The Morgan fingerprint density at radius 1 is 1.39 bits per heavy atom. The van der Waals surface area contributed by atoms with E-state index in [1.807, 2.05) is 0 Å². The van der Waals surface area contributed by atoms with Gasteiger partial charge in [-0.25, -0.2) is 9.67 Å². The fraction of sp³-hybridized carbons (Fsp3) is 0.357. The lowest BCUT2D eigenvalue weighted by Crippen LogP contribution is -2.26. The van der Waals surface area contributed by atoms with Crippen LogP contribution in [0.25, 0.3) is 0 Å². The fourth-order valence-corrected chi connectivity index (χ4v) is 1.88. The van der Waals surface area contributed by atoms with Crippen molar-refractivity contribution in [3.05, 3.63) is 35.7 Å². The van der Waals surface area contributed by atoms with Gasteiger partial charge in [0.1, 0.15) is 5.69 Å². The quantitative estimate of drug-likeness (QED) is 0.937. The molecule has 1 aliphatic carbocycles. The van der Waals surface area contributed by atoms with Crippen molar-refractivity contribution < 1.29 is 22.7 Å². The zero-order valence-corrected chi connectivity index (χ0v) is 12.1. The number of alkyl halides is 3. The van der Waals surface area contributed by atoms with Crippen molar-refractivity contribution in [1.82, 2.24) is 20.1 Å². The first-order chi connectivity index (χ1) is 10.8. The molecule has 122 valence electrons. The largest absolute Gasteiger partial charge is 0.435 e. The molecular weight excluding hydrogens is 313 g/mol. The maximum Gasteiger partial charge on any atom is 0.435 e. The van der Waals surface area contributed by atoms with E-state index in [9.17, 15) is 18.0 Å². The first-order valence-corrected chi connectivity index (χ1v) is 6.90. The van der Waals surface area contributed by atoms with Crippen LogP contribution in [0.4, 0.5) is 13.2 Å². The van der Waals surface area contributed by atoms with E-state index in [-0.39, 0.29) is 29.4 Å². The molecule has 0 unspecified atom stereocenters. The molecule has 1 amide bonds. The van der Waals surface area contributed by atoms with Gasteiger partial charge in [-0.05, 0) is 18.9 Å². The highest BCUT2D eigenvalue weighted by molar-refractivity contribution is 5.92. The van der Waals surface area contributed by atoms with Crippen LogP contribution in [0.2, 0.25) is 0 Å². The second-order valence-electron chi connectivity index (χ2n) is 5.20. The molecule has 6 nitrogen and oxygen atoms in total. The third kappa shape index (κ3) is 3.61. The summed E-state index contributed by atoms with van der Waals surface area (Å²) >= 11 is 0. The topological polar surface area (TPSA) is 69.0 Å². The van der Waals surface area contributed by atoms with Crippen LogP contribution in [0.5, 0.6) is 11.8 Å². The van der Waals surface area contributed by atoms with E-state index in [4.69, 9.17) is 4.74 Å². The molecule has 2 aromatic rings. The van der Waals surface area contributed by atoms with Crippen molar-refractivity contribution >= 4 is 5.91 Å². The summed E-state index contributed by atoms with van der Waals surface area (Å²) in [5.74, 6) is -0.436. The van der Waals surface area contributed by atoms with Crippen LogP contribution in [-0.2, 0) is 13.2 Å². The highest BCUT2D eigenvalue weighted by atomic mass is 19.4. The summed E-state index contributed by atoms with van der Waals surface area (Å²) in [6.45, 7) is 0. The number of nitrogens with zero attached hydrogens (tertiary/aromatic N) is 3. The SMILES string of the molecule is Cn1nc(C(F)(F)F)cc1Oc1cccc(C(=O)NC2CC2)n1. The van der Waals surface area contributed by atoms with Crippen LogP contribution in [0.1, 0.15) is 29.0 Å². The molecule has 0 bridgehead atoms. The van der Waals surface area contributed by atoms with E-state index < -0.39 is 11.9 Å². The maximum absolute atomic E-state index is 12.6. The first kappa shape index (κ1) is 15.3. The number of pyridine rings is 1. The Hall–Kier alpha value is -2.58. The minimum Gasteiger partial charge on any atom is -0.421 e. The number of rotatable bonds is 4. The van der Waals surface area contributed by atoms with Crippen LogP contribution in [0, 0.1) is 0 Å². The predicted molar refractivity (Wildman–Crippen MR) is 73.0 cm³/mol. The molecule has 3 rings (SSSR count). The molecule has 0 spiro atoms. The second-order valence-corrected chi connectivity index (χ2v) is 5.20. The van der Waals surface area contributed by atoms with Gasteiger partial charge in [0.25, 0.3) is 5.91 Å². The molecular formula is C14H13F3N4O2. The van der Waals surface area contributed by atoms with E-state index in [2.05, 4.69) is 15.4 Å². The molecule has 0 saturated heterocycles. The van der Waals surface area contributed by atoms with Gasteiger partial charge in [0, 0.05) is 25.2 Å². The van der Waals surface area contributed by atoms with E-state index in [0.717, 1.165) is 23.6 Å². The summed E-state index contributed by atoms with van der Waals surface area (Å²) in [7, 11) is 1.33. The zero-order chi connectivity index (χ0) is 16.6. The Bertz CT molecular complexity index is 738. The third-order valence-electron chi connectivity index (χ3n) is 3.21. The zero-order valence-electron chi connectivity index (χ0n) is 12.1. The average Bonchev–Trinajstić information content (AvgIpc) is 3.21. The molecule has 23 heavy (non-hydrogen) atoms. The summed E-state index contributed by atoms with van der Waals surface area (Å²) in [5, 5.41) is 6.12. The molecule has 1 aliphatic rings. The van der Waals surface area contributed by atoms with Gasteiger partial charge in [0.05, 0.1) is 0 Å². The standard InChI is InChI=1S/C14H13F3N4O2/c1-21-12(7-10(20-21)14(15,16)17)23-11-4-2-3-9(19-11)13(22)18-8-5-6-8/h2-4,7-8H,5-6H2,1H3,(H,18,22). The highest BCUT2D eigenvalue weighted by Crippen LogP contribution is 2.31. The molecule has 1 saturated carbocycles. The van der Waals surface area contributed by atoms with Crippen molar-refractivity contribution in [3.8, 4) is 11.8 Å². The molecule has 1 N–H and O–H groups in total. The number of carbonyl (C=O) groups is 1. The number of carbonyl (C=O) groups excluding carboxylic acids is 1. The molecule has 9 heteroatoms. The normalized spacial score (nSPS) is 14.6. The van der Waals surface area contributed by atoms with Gasteiger partial charge < -0.3 is 10.1 Å². The number of aromatic nitrogens is 3. The van der Waals surface area contributed by atoms with Crippen molar-refractivity contribution in [2.45, 2.75) is 25.1 Å². The van der Waals surface area contributed by atoms with Crippen LogP contribution >= 0.6 is 0 Å². The number of hydrogen-bond acceptors (Lipinski definition) is 4. The molecule has 2 heterocycles. The van der Waals surface area contributed by atoms with E-state index in [0.29, 0.717) is 0 Å². The van der Waals surface area contributed by atoms with Crippen LogP contribution in [0.15, 0.2) is 24.3 Å². The van der Waals surface area contributed by atoms with Crippen molar-refractivity contribution in [3.63, 3.8) is 0 Å². The molecule has 0 aliphatic heterocycles. The number of aryl methyl sites for hydroxylation is 1. The molecule has 0 atom stereocenters. The molecule has 0 radical (unpaired) electrons. The number of nitrogens with one attached hydrogen (secondary N) is 1. The van der Waals surface area contributed by atoms with Gasteiger partial charge in [-0.15, -0.1) is 0 Å². The average molecular weight is 326 g/mol. The summed E-state index contributed by atoms with van der Waals surface area (Å²) < 4.78 is 44.1. The van der Waals surface area contributed by atoms with Crippen LogP contribution in [-0.4, -0.2) is 26.7 Å². The Morgan fingerprint density at radius 3 is 2.74 bits per heavy atom. The summed E-state index contributed by atoms with van der Waals surface area (Å²) in [4.78, 5) is 15.9. The Labute approximate surface area is 129 Å². The van der Waals surface area contributed by atoms with Gasteiger partial charge >= 0.3 is 6.18 Å². The Balaban J connectivity index is 1.77. The van der Waals surface area contributed by atoms with Crippen molar-refractivity contribution in [1.29, 1.82) is 0 Å². The summed E-state index contributed by atoms with van der Waals surface area (Å²) in [6.07, 6.45) is -2.67. The lowest BCUT2D eigenvalue weighted by atomic mass is 10.3. The smallest absolute Gasteiger partial charge is 0.421 e. The summed E-state index contributed by atoms with van der Waals surface area (Å²) in [6, 6.07) is 5.47. The highest BCUT2D eigenvalue weighted by Gasteiger charge is 2.35. The minimum absolute atomic E-state index is 0.0187. The van der Waals surface area contributed by atoms with E-state index in [1.165, 1.54) is 19.2 Å². The third-order valence-corrected chi connectivity index (χ3v) is 3.21. The Morgan fingerprint density at radius 2 is 2.13 bits per heavy atom. The van der Waals surface area contributed by atoms with Gasteiger partial charge in [-0.3, -0.25) is 4.79 Å². The van der Waals surface area contributed by atoms with Gasteiger partial charge in [-0.2, -0.15) is 18.3 Å². The number of hydrogen-bond donors (Lipinski definition) is 1. The van der Waals surface area contributed by atoms with Crippen molar-refractivity contribution in [2.24, 2.45) is 7.05 Å². The number of amides is 1. The monoisotopic (exact) mass is 326 g/mol. The lowest BCUT2D eigenvalue weighted by molar-refractivity contribution is -0.141. The fourth-order valence-electron chi connectivity index (χ4n) is 1.88. The van der Waals surface area contributed by atoms with Gasteiger partial charge in [0.2, 0.25) is 11.8 Å². The number of ether oxygens (including phenoxy) is 1. The second kappa shape index (κ2) is 5.56. The summed E-state index contributed by atoms with van der Waals surface area (Å²) in [5.41, 5.74) is -0.912. The van der Waals surface area contributed by atoms with Gasteiger partial charge in [-0.1, -0.05) is 6.07 Å². The van der Waals surface area contributed by atoms with Crippen molar-refractivity contribution in [2.75, 3.05) is 0 Å². The van der Waals surface area contributed by atoms with E-state index >= 15 is 0 Å². The Kier molecular flexibility index (Phi) is 3.70. The lowest BCUT2D eigenvalue weighted by Gasteiger charge is -2.06. The molecule has 0 aromatic carbocycles. The maximum atomic E-state index is 12.6. The minimum atomic E-state index is -4.56. The van der Waals surface area contributed by atoms with Crippen LogP contribution in [0.3, 0.4) is 0 Å². The first-order valence-electron chi connectivity index (χ1n) is 6.90. The molecule has 2 aromatic heterocycles. The number of halogens is 3. The van der Waals surface area contributed by atoms with Gasteiger partial charge in [0.15, 0.2) is 5.69 Å². The van der Waals surface area contributed by atoms with E-state index in [1.54, 1.807) is 6.07 Å². The predicted octanol–water partition coefficient (Wildman–Crippen LogP) is 2.52.